The van der Waals surface area contributed by atoms with E-state index in [4.69, 9.17) is 5.11 Å². The monoisotopic (exact) mass is 261 g/mol. The molecule has 2 unspecified atom stereocenters. The van der Waals surface area contributed by atoms with Gasteiger partial charge in [0.25, 0.3) is 0 Å². The van der Waals surface area contributed by atoms with Crippen molar-refractivity contribution in [2.24, 2.45) is 5.92 Å². The minimum Gasteiger partial charge on any atom is -0.481 e. The van der Waals surface area contributed by atoms with Gasteiger partial charge in [0.2, 0.25) is 5.91 Å². The van der Waals surface area contributed by atoms with Crippen molar-refractivity contribution in [2.75, 3.05) is 0 Å². The third-order valence-electron chi connectivity index (χ3n) is 3.13. The molecule has 1 rings (SSSR count). The number of hydrogen-bond acceptors (Lipinski definition) is 2. The Labute approximate surface area is 113 Å². The molecular weight excluding hydrogens is 242 g/mol. The lowest BCUT2D eigenvalue weighted by molar-refractivity contribution is -0.142. The number of carbonyl (C=O) groups excluding carboxylic acids is 1. The van der Waals surface area contributed by atoms with Gasteiger partial charge in [-0.25, -0.2) is 0 Å². The maximum absolute atomic E-state index is 11.9. The number of carboxylic acid groups (broad SMARTS) is 1. The van der Waals surface area contributed by atoms with E-state index in [1.165, 1.54) is 0 Å². The van der Waals surface area contributed by atoms with E-state index in [1.54, 1.807) is 26.8 Å². The van der Waals surface area contributed by atoms with Crippen LogP contribution in [0.5, 0.6) is 0 Å². The van der Waals surface area contributed by atoms with E-state index in [0.717, 1.165) is 5.56 Å². The number of carbonyl (C=O) groups is 2. The molecule has 102 valence electrons. The first-order valence-corrected chi connectivity index (χ1v) is 6.19. The van der Waals surface area contributed by atoms with Crippen molar-refractivity contribution in [1.82, 2.24) is 5.32 Å². The average Bonchev–Trinajstić information content (AvgIpc) is 2.43. The average molecular weight is 261 g/mol. The standard InChI is InChI=1S/C15H19NO3/c1-4-10(2)14(17)16-13(11(3)15(18)19)12-8-6-5-7-9-12/h4-9,11,13H,1-3H3,(H,16,17)(H,18,19)/b10-4+. The summed E-state index contributed by atoms with van der Waals surface area (Å²) in [5.74, 6) is -1.88. The van der Waals surface area contributed by atoms with Crippen molar-refractivity contribution >= 4 is 11.9 Å². The van der Waals surface area contributed by atoms with Crippen LogP contribution in [0.25, 0.3) is 0 Å². The fourth-order valence-electron chi connectivity index (χ4n) is 1.69. The molecule has 19 heavy (non-hydrogen) atoms. The zero-order chi connectivity index (χ0) is 14.4. The number of aliphatic carboxylic acids is 1. The normalized spacial score (nSPS) is 14.6. The molecule has 0 saturated carbocycles. The van der Waals surface area contributed by atoms with Crippen LogP contribution < -0.4 is 5.32 Å². The summed E-state index contributed by atoms with van der Waals surface area (Å²) < 4.78 is 0. The van der Waals surface area contributed by atoms with Crippen molar-refractivity contribution in [3.8, 4) is 0 Å². The van der Waals surface area contributed by atoms with E-state index >= 15 is 0 Å². The fraction of sp³-hybridized carbons (Fsp3) is 0.333. The molecule has 0 aliphatic rings. The highest BCUT2D eigenvalue weighted by Gasteiger charge is 2.26. The predicted molar refractivity (Wildman–Crippen MR) is 73.6 cm³/mol. The lowest BCUT2D eigenvalue weighted by Crippen LogP contribution is -2.35. The Bertz CT molecular complexity index is 479. The first-order valence-electron chi connectivity index (χ1n) is 6.19. The molecule has 0 aromatic heterocycles. The van der Waals surface area contributed by atoms with E-state index in [9.17, 15) is 9.59 Å². The Kier molecular flexibility index (Phi) is 5.30. The van der Waals surface area contributed by atoms with Crippen LogP contribution in [0.3, 0.4) is 0 Å². The zero-order valence-corrected chi connectivity index (χ0v) is 11.4. The van der Waals surface area contributed by atoms with E-state index in [-0.39, 0.29) is 5.91 Å². The number of amides is 1. The van der Waals surface area contributed by atoms with Gasteiger partial charge in [0.05, 0.1) is 12.0 Å². The molecule has 1 aromatic rings. The number of hydrogen-bond donors (Lipinski definition) is 2. The van der Waals surface area contributed by atoms with Crippen LogP contribution in [-0.2, 0) is 9.59 Å². The fourth-order valence-corrected chi connectivity index (χ4v) is 1.69. The Balaban J connectivity index is 3.01. The van der Waals surface area contributed by atoms with Crippen molar-refractivity contribution < 1.29 is 14.7 Å². The molecule has 0 aliphatic carbocycles. The van der Waals surface area contributed by atoms with Crippen molar-refractivity contribution in [3.63, 3.8) is 0 Å². The molecule has 0 aliphatic heterocycles. The highest BCUT2D eigenvalue weighted by Crippen LogP contribution is 2.22. The quantitative estimate of drug-likeness (QED) is 0.800. The third-order valence-corrected chi connectivity index (χ3v) is 3.13. The van der Waals surface area contributed by atoms with Crippen LogP contribution in [0.4, 0.5) is 0 Å². The molecule has 0 bridgehead atoms. The third kappa shape index (κ3) is 3.95. The molecule has 0 radical (unpaired) electrons. The number of allylic oxidation sites excluding steroid dienone is 1. The van der Waals surface area contributed by atoms with Crippen LogP contribution in [0.1, 0.15) is 32.4 Å². The van der Waals surface area contributed by atoms with Gasteiger partial charge in [-0.3, -0.25) is 9.59 Å². The topological polar surface area (TPSA) is 66.4 Å². The number of rotatable bonds is 5. The van der Waals surface area contributed by atoms with Crippen molar-refractivity contribution in [1.29, 1.82) is 0 Å². The summed E-state index contributed by atoms with van der Waals surface area (Å²) in [6.07, 6.45) is 1.70. The maximum atomic E-state index is 11.9. The van der Waals surface area contributed by atoms with Gasteiger partial charge in [0.1, 0.15) is 0 Å². The zero-order valence-electron chi connectivity index (χ0n) is 11.4. The van der Waals surface area contributed by atoms with E-state index in [2.05, 4.69) is 5.32 Å². The molecule has 2 atom stereocenters. The Morgan fingerprint density at radius 3 is 2.32 bits per heavy atom. The van der Waals surface area contributed by atoms with Crippen LogP contribution in [-0.4, -0.2) is 17.0 Å². The summed E-state index contributed by atoms with van der Waals surface area (Å²) in [6, 6.07) is 8.59. The van der Waals surface area contributed by atoms with Gasteiger partial charge in [-0.15, -0.1) is 0 Å². The van der Waals surface area contributed by atoms with E-state index in [0.29, 0.717) is 5.57 Å². The first-order chi connectivity index (χ1) is 8.97. The van der Waals surface area contributed by atoms with Gasteiger partial charge in [-0.05, 0) is 26.3 Å². The molecule has 2 N–H and O–H groups in total. The Morgan fingerprint density at radius 2 is 1.84 bits per heavy atom. The summed E-state index contributed by atoms with van der Waals surface area (Å²) in [4.78, 5) is 23.1. The highest BCUT2D eigenvalue weighted by atomic mass is 16.4. The van der Waals surface area contributed by atoms with E-state index < -0.39 is 17.9 Å². The van der Waals surface area contributed by atoms with Crippen LogP contribution >= 0.6 is 0 Å². The molecule has 1 amide bonds. The number of nitrogens with one attached hydrogen (secondary N) is 1. The number of benzene rings is 1. The minimum atomic E-state index is -0.938. The number of carboxylic acids is 1. The molecule has 4 nitrogen and oxygen atoms in total. The SMILES string of the molecule is C/C=C(\C)C(=O)NC(c1ccccc1)C(C)C(=O)O. The highest BCUT2D eigenvalue weighted by molar-refractivity contribution is 5.93. The maximum Gasteiger partial charge on any atom is 0.308 e. The molecule has 4 heteroatoms. The summed E-state index contributed by atoms with van der Waals surface area (Å²) in [7, 11) is 0. The van der Waals surface area contributed by atoms with Gasteiger partial charge in [-0.1, -0.05) is 36.4 Å². The van der Waals surface area contributed by atoms with Gasteiger partial charge in [0, 0.05) is 5.57 Å². The van der Waals surface area contributed by atoms with Gasteiger partial charge in [0.15, 0.2) is 0 Å². The first kappa shape index (κ1) is 15.0. The molecule has 0 fully saturated rings. The second-order valence-corrected chi connectivity index (χ2v) is 4.46. The Morgan fingerprint density at radius 1 is 1.26 bits per heavy atom. The second-order valence-electron chi connectivity index (χ2n) is 4.46. The van der Waals surface area contributed by atoms with Gasteiger partial charge >= 0.3 is 5.97 Å². The molecule has 0 spiro atoms. The summed E-state index contributed by atoms with van der Waals surface area (Å²) in [6.45, 7) is 5.06. The molecule has 1 aromatic carbocycles. The summed E-state index contributed by atoms with van der Waals surface area (Å²) >= 11 is 0. The van der Waals surface area contributed by atoms with E-state index in [1.807, 2.05) is 30.3 Å². The smallest absolute Gasteiger partial charge is 0.308 e. The Hall–Kier alpha value is -2.10. The van der Waals surface area contributed by atoms with Gasteiger partial charge < -0.3 is 10.4 Å². The van der Waals surface area contributed by atoms with Gasteiger partial charge in [-0.2, -0.15) is 0 Å². The van der Waals surface area contributed by atoms with Crippen LogP contribution in [0.2, 0.25) is 0 Å². The van der Waals surface area contributed by atoms with Crippen LogP contribution in [0.15, 0.2) is 42.0 Å². The largest absolute Gasteiger partial charge is 0.481 e. The molecule has 0 heterocycles. The lowest BCUT2D eigenvalue weighted by atomic mass is 9.94. The second kappa shape index (κ2) is 6.73. The summed E-state index contributed by atoms with van der Waals surface area (Å²) in [5, 5.41) is 11.9. The van der Waals surface area contributed by atoms with Crippen molar-refractivity contribution in [2.45, 2.75) is 26.8 Å². The summed E-state index contributed by atoms with van der Waals surface area (Å²) in [5.41, 5.74) is 1.35. The molecule has 0 saturated heterocycles. The lowest BCUT2D eigenvalue weighted by Gasteiger charge is -2.23. The molecular formula is C15H19NO3. The van der Waals surface area contributed by atoms with Crippen molar-refractivity contribution in [3.05, 3.63) is 47.5 Å². The predicted octanol–water partition coefficient (Wildman–Crippen LogP) is 2.53. The van der Waals surface area contributed by atoms with Crippen LogP contribution in [0, 0.1) is 5.92 Å². The minimum absolute atomic E-state index is 0.246.